The molecule has 4 heteroatoms. The fourth-order valence-corrected chi connectivity index (χ4v) is 3.13. The van der Waals surface area contributed by atoms with Crippen molar-refractivity contribution in [3.05, 3.63) is 58.6 Å². The van der Waals surface area contributed by atoms with E-state index in [0.717, 1.165) is 15.1 Å². The van der Waals surface area contributed by atoms with Gasteiger partial charge in [-0.25, -0.2) is 0 Å². The van der Waals surface area contributed by atoms with E-state index in [1.54, 1.807) is 0 Å². The second-order valence-corrected chi connectivity index (χ2v) is 7.14. The summed E-state index contributed by atoms with van der Waals surface area (Å²) in [6, 6.07) is 16.1. The summed E-state index contributed by atoms with van der Waals surface area (Å²) >= 11 is 10.3. The van der Waals surface area contributed by atoms with Crippen molar-refractivity contribution in [3.8, 4) is 5.75 Å². The van der Waals surface area contributed by atoms with Gasteiger partial charge in [-0.2, -0.15) is 0 Å². The standard InChI is InChI=1S/C16H15BrOS2/c1-11(2)12-8-9-15(14(17)10-12)18-16(19)20-13-6-4-3-5-7-13/h3-11H,1-2H3. The maximum atomic E-state index is 5.73. The van der Waals surface area contributed by atoms with E-state index < -0.39 is 0 Å². The summed E-state index contributed by atoms with van der Waals surface area (Å²) in [4.78, 5) is 1.08. The van der Waals surface area contributed by atoms with E-state index in [2.05, 4.69) is 41.9 Å². The van der Waals surface area contributed by atoms with Crippen molar-refractivity contribution in [2.45, 2.75) is 24.7 Å². The molecule has 0 atom stereocenters. The van der Waals surface area contributed by atoms with Crippen molar-refractivity contribution < 1.29 is 4.74 Å². The van der Waals surface area contributed by atoms with E-state index in [-0.39, 0.29) is 0 Å². The Morgan fingerprint density at radius 1 is 1.15 bits per heavy atom. The van der Waals surface area contributed by atoms with E-state index >= 15 is 0 Å². The van der Waals surface area contributed by atoms with Crippen molar-refractivity contribution in [2.75, 3.05) is 0 Å². The van der Waals surface area contributed by atoms with Crippen molar-refractivity contribution in [2.24, 2.45) is 0 Å². The monoisotopic (exact) mass is 366 g/mol. The Labute approximate surface area is 137 Å². The first-order valence-corrected chi connectivity index (χ1v) is 8.32. The molecule has 0 aliphatic heterocycles. The second-order valence-electron chi connectivity index (χ2n) is 4.61. The quantitative estimate of drug-likeness (QED) is 0.484. The van der Waals surface area contributed by atoms with Crippen LogP contribution in [0.15, 0.2) is 57.9 Å². The van der Waals surface area contributed by atoms with E-state index in [9.17, 15) is 0 Å². The van der Waals surface area contributed by atoms with Crippen LogP contribution in [-0.2, 0) is 0 Å². The predicted octanol–water partition coefficient (Wildman–Crippen LogP) is 6.03. The minimum absolute atomic E-state index is 0.492. The summed E-state index contributed by atoms with van der Waals surface area (Å²) in [5.74, 6) is 1.24. The average molecular weight is 367 g/mol. The van der Waals surface area contributed by atoms with Crippen LogP contribution in [0.1, 0.15) is 25.3 Å². The van der Waals surface area contributed by atoms with Crippen LogP contribution in [0, 0.1) is 0 Å². The molecule has 0 N–H and O–H groups in total. The minimum Gasteiger partial charge on any atom is -0.438 e. The van der Waals surface area contributed by atoms with Gasteiger partial charge in [-0.1, -0.05) is 38.1 Å². The van der Waals surface area contributed by atoms with Gasteiger partial charge in [0.1, 0.15) is 5.75 Å². The average Bonchev–Trinajstić information content (AvgIpc) is 2.42. The highest BCUT2D eigenvalue weighted by atomic mass is 79.9. The van der Waals surface area contributed by atoms with E-state index in [4.69, 9.17) is 17.0 Å². The summed E-state index contributed by atoms with van der Waals surface area (Å²) in [6.45, 7) is 4.33. The van der Waals surface area contributed by atoms with Gasteiger partial charge in [0.05, 0.1) is 4.47 Å². The highest BCUT2D eigenvalue weighted by molar-refractivity contribution is 9.10. The van der Waals surface area contributed by atoms with Crippen LogP contribution in [0.4, 0.5) is 0 Å². The molecule has 0 aliphatic carbocycles. The molecule has 0 spiro atoms. The normalized spacial score (nSPS) is 10.6. The first-order valence-electron chi connectivity index (χ1n) is 6.30. The Morgan fingerprint density at radius 3 is 2.45 bits per heavy atom. The molecule has 104 valence electrons. The molecule has 0 unspecified atom stereocenters. The Kier molecular flexibility index (Phi) is 5.64. The van der Waals surface area contributed by atoms with E-state index in [1.165, 1.54) is 17.3 Å². The summed E-state index contributed by atoms with van der Waals surface area (Å²) in [5, 5.41) is 0. The Morgan fingerprint density at radius 2 is 1.85 bits per heavy atom. The number of hydrogen-bond acceptors (Lipinski definition) is 3. The zero-order valence-electron chi connectivity index (χ0n) is 11.3. The predicted molar refractivity (Wildman–Crippen MR) is 93.8 cm³/mol. The SMILES string of the molecule is CC(C)c1ccc(OC(=S)Sc2ccccc2)c(Br)c1. The Bertz CT molecular complexity index is 597. The molecule has 0 aliphatic rings. The number of thioether (sulfide) groups is 1. The van der Waals surface area contributed by atoms with Gasteiger partial charge >= 0.3 is 0 Å². The van der Waals surface area contributed by atoms with E-state index in [0.29, 0.717) is 10.3 Å². The molecule has 0 radical (unpaired) electrons. The van der Waals surface area contributed by atoms with Crippen LogP contribution in [-0.4, -0.2) is 4.38 Å². The van der Waals surface area contributed by atoms with Crippen LogP contribution in [0.25, 0.3) is 0 Å². The zero-order chi connectivity index (χ0) is 14.5. The van der Waals surface area contributed by atoms with Crippen LogP contribution in [0.3, 0.4) is 0 Å². The van der Waals surface area contributed by atoms with E-state index in [1.807, 2.05) is 36.4 Å². The lowest BCUT2D eigenvalue weighted by Gasteiger charge is -2.11. The van der Waals surface area contributed by atoms with Crippen LogP contribution in [0.2, 0.25) is 0 Å². The van der Waals surface area contributed by atoms with Gasteiger partial charge in [0.2, 0.25) is 4.38 Å². The third kappa shape index (κ3) is 4.33. The number of halogens is 1. The van der Waals surface area contributed by atoms with Gasteiger partial charge in [0, 0.05) is 4.90 Å². The zero-order valence-corrected chi connectivity index (χ0v) is 14.5. The molecular formula is C16H15BrOS2. The molecule has 2 aromatic carbocycles. The summed E-state index contributed by atoms with van der Waals surface area (Å²) in [6.07, 6.45) is 0. The first-order chi connectivity index (χ1) is 9.56. The van der Waals surface area contributed by atoms with Crippen molar-refractivity contribution in [1.29, 1.82) is 0 Å². The molecule has 20 heavy (non-hydrogen) atoms. The highest BCUT2D eigenvalue weighted by Gasteiger charge is 2.08. The van der Waals surface area contributed by atoms with Gasteiger partial charge < -0.3 is 4.74 Å². The van der Waals surface area contributed by atoms with Crippen LogP contribution in [0.5, 0.6) is 5.75 Å². The molecular weight excluding hydrogens is 352 g/mol. The molecule has 0 saturated heterocycles. The van der Waals surface area contributed by atoms with Gasteiger partial charge in [-0.3, -0.25) is 0 Å². The third-order valence-electron chi connectivity index (χ3n) is 2.76. The number of hydrogen-bond donors (Lipinski definition) is 0. The lowest BCUT2D eigenvalue weighted by Crippen LogP contribution is -2.01. The van der Waals surface area contributed by atoms with Crippen LogP contribution >= 0.6 is 39.9 Å². The van der Waals surface area contributed by atoms with Gasteiger partial charge in [0.15, 0.2) is 0 Å². The Balaban J connectivity index is 2.05. The minimum atomic E-state index is 0.492. The number of ether oxygens (including phenoxy) is 1. The summed E-state index contributed by atoms with van der Waals surface area (Å²) in [7, 11) is 0. The maximum absolute atomic E-state index is 5.73. The molecule has 0 saturated carbocycles. The molecule has 2 aromatic rings. The molecule has 2 rings (SSSR count). The lowest BCUT2D eigenvalue weighted by molar-refractivity contribution is 0.574. The maximum Gasteiger partial charge on any atom is 0.230 e. The molecule has 0 aromatic heterocycles. The first kappa shape index (κ1) is 15.5. The highest BCUT2D eigenvalue weighted by Crippen LogP contribution is 2.31. The largest absolute Gasteiger partial charge is 0.438 e. The van der Waals surface area contributed by atoms with Gasteiger partial charge in [0.25, 0.3) is 0 Å². The summed E-state index contributed by atoms with van der Waals surface area (Å²) in [5.41, 5.74) is 1.27. The topological polar surface area (TPSA) is 9.23 Å². The molecule has 0 bridgehead atoms. The number of benzene rings is 2. The third-order valence-corrected chi connectivity index (χ3v) is 4.47. The summed E-state index contributed by atoms with van der Waals surface area (Å²) < 4.78 is 7.16. The van der Waals surface area contributed by atoms with Gasteiger partial charge in [-0.15, -0.1) is 0 Å². The molecule has 0 heterocycles. The van der Waals surface area contributed by atoms with Crippen molar-refractivity contribution in [1.82, 2.24) is 0 Å². The van der Waals surface area contributed by atoms with Crippen molar-refractivity contribution >= 4 is 44.3 Å². The molecule has 1 nitrogen and oxygen atoms in total. The number of rotatable bonds is 3. The molecule has 0 amide bonds. The van der Waals surface area contributed by atoms with Crippen LogP contribution < -0.4 is 4.74 Å². The lowest BCUT2D eigenvalue weighted by atomic mass is 10.0. The van der Waals surface area contributed by atoms with Gasteiger partial charge in [-0.05, 0) is 75.7 Å². The van der Waals surface area contributed by atoms with Crippen molar-refractivity contribution in [3.63, 3.8) is 0 Å². The fourth-order valence-electron chi connectivity index (χ4n) is 1.65. The Hall–Kier alpha value is -0.840. The fraction of sp³-hybridized carbons (Fsp3) is 0.188. The molecule has 0 fully saturated rings. The smallest absolute Gasteiger partial charge is 0.230 e. The number of thiocarbonyl (C=S) groups is 1. The second kappa shape index (κ2) is 7.25.